The minimum Gasteiger partial charge on any atom is -0.403 e. The van der Waals surface area contributed by atoms with Crippen molar-refractivity contribution in [3.63, 3.8) is 0 Å². The van der Waals surface area contributed by atoms with Crippen LogP contribution in [0.4, 0.5) is 5.82 Å². The fourth-order valence-corrected chi connectivity index (χ4v) is 3.84. The molecule has 6 nitrogen and oxygen atoms in total. The van der Waals surface area contributed by atoms with Crippen LogP contribution in [0.3, 0.4) is 0 Å². The first-order valence-corrected chi connectivity index (χ1v) is 9.38. The Hall–Kier alpha value is -2.73. The lowest BCUT2D eigenvalue weighted by Crippen LogP contribution is -2.34. The summed E-state index contributed by atoms with van der Waals surface area (Å²) >= 11 is 0. The zero-order chi connectivity index (χ0) is 19.0. The van der Waals surface area contributed by atoms with Gasteiger partial charge in [0.05, 0.1) is 16.5 Å². The molecule has 140 valence electrons. The fourth-order valence-electron chi connectivity index (χ4n) is 3.84. The number of likely N-dealkylation sites (tertiary alicyclic amines) is 1. The van der Waals surface area contributed by atoms with E-state index < -0.39 is 0 Å². The Morgan fingerprint density at radius 3 is 2.89 bits per heavy atom. The molecule has 1 aromatic carbocycles. The molecule has 3 aromatic rings. The lowest BCUT2D eigenvalue weighted by molar-refractivity contribution is 0.409. The van der Waals surface area contributed by atoms with Gasteiger partial charge in [0, 0.05) is 25.8 Å². The number of rotatable bonds is 4. The van der Waals surface area contributed by atoms with Crippen LogP contribution in [0, 0.1) is 0 Å². The number of hydrogen-bond donors (Lipinski definition) is 0. The van der Waals surface area contributed by atoms with Crippen LogP contribution in [0.25, 0.3) is 22.4 Å². The fraction of sp³-hybridized carbons (Fsp3) is 0.381. The molecule has 2 aromatic heterocycles. The Bertz CT molecular complexity index is 1030. The second-order valence-corrected chi connectivity index (χ2v) is 7.16. The number of aryl methyl sites for hydroxylation is 1. The van der Waals surface area contributed by atoms with Gasteiger partial charge < -0.3 is 14.2 Å². The van der Waals surface area contributed by atoms with Crippen molar-refractivity contribution in [3.05, 3.63) is 52.5 Å². The van der Waals surface area contributed by atoms with Gasteiger partial charge in [-0.15, -0.1) is 0 Å². The summed E-state index contributed by atoms with van der Waals surface area (Å²) in [5.41, 5.74) is 2.03. The Labute approximate surface area is 158 Å². The molecule has 1 aliphatic rings. The minimum atomic E-state index is -0.342. The van der Waals surface area contributed by atoms with E-state index in [2.05, 4.69) is 26.8 Å². The second kappa shape index (κ2) is 7.12. The van der Waals surface area contributed by atoms with Gasteiger partial charge in [0.1, 0.15) is 5.82 Å². The summed E-state index contributed by atoms with van der Waals surface area (Å²) in [4.78, 5) is 26.4. The van der Waals surface area contributed by atoms with Crippen LogP contribution in [0.15, 0.2) is 45.7 Å². The van der Waals surface area contributed by atoms with E-state index in [1.54, 1.807) is 6.20 Å². The average Bonchev–Trinajstić information content (AvgIpc) is 3.13. The van der Waals surface area contributed by atoms with Gasteiger partial charge in [-0.05, 0) is 50.2 Å². The number of aromatic nitrogens is 2. The second-order valence-electron chi connectivity index (χ2n) is 7.16. The number of nitrogens with zero attached hydrogens (tertiary/aromatic N) is 4. The van der Waals surface area contributed by atoms with Crippen LogP contribution in [0.2, 0.25) is 0 Å². The quantitative estimate of drug-likeness (QED) is 0.709. The molecule has 0 bridgehead atoms. The lowest BCUT2D eigenvalue weighted by atomic mass is 10.1. The van der Waals surface area contributed by atoms with Crippen LogP contribution in [-0.2, 0) is 6.42 Å². The molecular weight excluding hydrogens is 340 g/mol. The Morgan fingerprint density at radius 1 is 1.30 bits per heavy atom. The van der Waals surface area contributed by atoms with Crippen LogP contribution < -0.4 is 10.5 Å². The van der Waals surface area contributed by atoms with Crippen LogP contribution in [0.1, 0.15) is 18.9 Å². The van der Waals surface area contributed by atoms with Crippen molar-refractivity contribution in [1.82, 2.24) is 14.9 Å². The van der Waals surface area contributed by atoms with Gasteiger partial charge in [0.2, 0.25) is 5.89 Å². The molecular formula is C21H24N4O2. The molecule has 1 atom stereocenters. The Kier molecular flexibility index (Phi) is 4.66. The van der Waals surface area contributed by atoms with Crippen molar-refractivity contribution in [2.75, 3.05) is 32.1 Å². The molecule has 6 heteroatoms. The standard InChI is InChI=1S/C21H24N4O2/c1-4-14-7-5-9-17-18(14)21(26)27-20(23-17)16-8-6-11-22-19(16)25(3)15-10-12-24(2)13-15/h5-9,11,15H,4,10,12-13H2,1-3H3. The van der Waals surface area contributed by atoms with Crippen LogP contribution >= 0.6 is 0 Å². The highest BCUT2D eigenvalue weighted by Crippen LogP contribution is 2.30. The maximum Gasteiger partial charge on any atom is 0.347 e. The highest BCUT2D eigenvalue weighted by molar-refractivity contribution is 5.83. The van der Waals surface area contributed by atoms with E-state index in [0.29, 0.717) is 22.8 Å². The van der Waals surface area contributed by atoms with E-state index >= 15 is 0 Å². The number of pyridine rings is 1. The molecule has 27 heavy (non-hydrogen) atoms. The van der Waals surface area contributed by atoms with Crippen LogP contribution in [-0.4, -0.2) is 48.1 Å². The molecule has 1 aliphatic heterocycles. The average molecular weight is 364 g/mol. The lowest BCUT2D eigenvalue weighted by Gasteiger charge is -2.26. The molecule has 0 aliphatic carbocycles. The molecule has 0 amide bonds. The van der Waals surface area contributed by atoms with Crippen molar-refractivity contribution in [1.29, 1.82) is 0 Å². The number of anilines is 1. The van der Waals surface area contributed by atoms with Crippen molar-refractivity contribution in [2.24, 2.45) is 0 Å². The maximum absolute atomic E-state index is 12.7. The number of fused-ring (bicyclic) bond motifs is 1. The molecule has 0 N–H and O–H groups in total. The van der Waals surface area contributed by atoms with E-state index in [0.717, 1.165) is 42.9 Å². The highest BCUT2D eigenvalue weighted by Gasteiger charge is 2.26. The molecule has 4 rings (SSSR count). The molecule has 0 saturated carbocycles. The maximum atomic E-state index is 12.7. The monoisotopic (exact) mass is 364 g/mol. The van der Waals surface area contributed by atoms with Crippen molar-refractivity contribution in [2.45, 2.75) is 25.8 Å². The van der Waals surface area contributed by atoms with Gasteiger partial charge in [0.25, 0.3) is 0 Å². The zero-order valence-electron chi connectivity index (χ0n) is 16.0. The molecule has 1 saturated heterocycles. The molecule has 1 fully saturated rings. The first-order valence-electron chi connectivity index (χ1n) is 9.38. The van der Waals surface area contributed by atoms with Gasteiger partial charge in [-0.3, -0.25) is 0 Å². The van der Waals surface area contributed by atoms with Gasteiger partial charge in [-0.2, -0.15) is 0 Å². The topological polar surface area (TPSA) is 62.5 Å². The number of benzene rings is 1. The van der Waals surface area contributed by atoms with Crippen molar-refractivity contribution < 1.29 is 4.42 Å². The summed E-state index contributed by atoms with van der Waals surface area (Å²) in [6.07, 6.45) is 3.61. The van der Waals surface area contributed by atoms with Crippen molar-refractivity contribution >= 4 is 16.7 Å². The number of hydrogen-bond acceptors (Lipinski definition) is 6. The van der Waals surface area contributed by atoms with E-state index in [1.807, 2.05) is 44.3 Å². The molecule has 0 radical (unpaired) electrons. The summed E-state index contributed by atoms with van der Waals surface area (Å²) in [5.74, 6) is 1.11. The largest absolute Gasteiger partial charge is 0.403 e. The van der Waals surface area contributed by atoms with Gasteiger partial charge in [-0.1, -0.05) is 19.1 Å². The third kappa shape index (κ3) is 3.21. The van der Waals surface area contributed by atoms with Crippen LogP contribution in [0.5, 0.6) is 0 Å². The smallest absolute Gasteiger partial charge is 0.347 e. The summed E-state index contributed by atoms with van der Waals surface area (Å²) < 4.78 is 5.65. The number of likely N-dealkylation sites (N-methyl/N-ethyl adjacent to an activating group) is 2. The SMILES string of the molecule is CCc1cccc2nc(-c3cccnc3N(C)C3CCN(C)C3)oc(=O)c12. The summed E-state index contributed by atoms with van der Waals surface area (Å²) in [6.45, 7) is 4.08. The molecule has 3 heterocycles. The summed E-state index contributed by atoms with van der Waals surface area (Å²) in [5, 5.41) is 0.569. The van der Waals surface area contributed by atoms with E-state index in [9.17, 15) is 4.79 Å². The predicted molar refractivity (Wildman–Crippen MR) is 107 cm³/mol. The highest BCUT2D eigenvalue weighted by atomic mass is 16.4. The Morgan fingerprint density at radius 2 is 2.15 bits per heavy atom. The zero-order valence-corrected chi connectivity index (χ0v) is 16.0. The molecule has 1 unspecified atom stereocenters. The van der Waals surface area contributed by atoms with Crippen molar-refractivity contribution in [3.8, 4) is 11.5 Å². The summed E-state index contributed by atoms with van der Waals surface area (Å²) in [6, 6.07) is 9.88. The first kappa shape index (κ1) is 17.7. The normalized spacial score (nSPS) is 17.5. The van der Waals surface area contributed by atoms with Gasteiger partial charge in [-0.25, -0.2) is 14.8 Å². The third-order valence-corrected chi connectivity index (χ3v) is 5.39. The Balaban J connectivity index is 1.82. The predicted octanol–water partition coefficient (Wildman–Crippen LogP) is 2.95. The van der Waals surface area contributed by atoms with E-state index in [-0.39, 0.29) is 5.63 Å². The first-order chi connectivity index (χ1) is 13.1. The van der Waals surface area contributed by atoms with E-state index in [1.165, 1.54) is 0 Å². The van der Waals surface area contributed by atoms with Gasteiger partial charge >= 0.3 is 5.63 Å². The third-order valence-electron chi connectivity index (χ3n) is 5.39. The van der Waals surface area contributed by atoms with E-state index in [4.69, 9.17) is 4.42 Å². The van der Waals surface area contributed by atoms with Gasteiger partial charge in [0.15, 0.2) is 0 Å². The summed E-state index contributed by atoms with van der Waals surface area (Å²) in [7, 11) is 4.17. The minimum absolute atomic E-state index is 0.321. The molecule has 0 spiro atoms.